The first-order valence-corrected chi connectivity index (χ1v) is 12.9. The summed E-state index contributed by atoms with van der Waals surface area (Å²) in [6.45, 7) is 3.73. The third kappa shape index (κ3) is 5.02. The van der Waals surface area contributed by atoms with Gasteiger partial charge in [0.05, 0.1) is 6.04 Å². The Kier molecular flexibility index (Phi) is 6.68. The first kappa shape index (κ1) is 22.7. The molecule has 34 heavy (non-hydrogen) atoms. The average Bonchev–Trinajstić information content (AvgIpc) is 3.54. The maximum atomic E-state index is 13.7. The largest absolute Gasteiger partial charge is 0.491 e. The molecule has 5 rings (SSSR count). The van der Waals surface area contributed by atoms with Crippen molar-refractivity contribution in [2.24, 2.45) is 5.92 Å². The molecule has 176 valence electrons. The summed E-state index contributed by atoms with van der Waals surface area (Å²) in [6, 6.07) is 19.3. The van der Waals surface area contributed by atoms with E-state index in [-0.39, 0.29) is 24.4 Å². The number of para-hydroxylation sites is 1. The van der Waals surface area contributed by atoms with E-state index in [0.29, 0.717) is 31.2 Å². The lowest BCUT2D eigenvalue weighted by Crippen LogP contribution is -2.48. The Morgan fingerprint density at radius 1 is 1.06 bits per heavy atom. The molecule has 0 N–H and O–H groups in total. The van der Waals surface area contributed by atoms with Crippen LogP contribution in [0.15, 0.2) is 66.0 Å². The molecule has 1 aromatic heterocycles. The third-order valence-electron chi connectivity index (χ3n) is 6.73. The van der Waals surface area contributed by atoms with E-state index in [1.807, 2.05) is 66.4 Å². The van der Waals surface area contributed by atoms with E-state index < -0.39 is 0 Å². The fourth-order valence-corrected chi connectivity index (χ4v) is 5.56. The Labute approximate surface area is 205 Å². The van der Waals surface area contributed by atoms with Crippen molar-refractivity contribution in [2.45, 2.75) is 32.2 Å². The van der Waals surface area contributed by atoms with Crippen LogP contribution in [0.1, 0.15) is 45.2 Å². The van der Waals surface area contributed by atoms with Gasteiger partial charge in [-0.1, -0.05) is 36.4 Å². The number of amides is 2. The molecule has 0 bridgehead atoms. The summed E-state index contributed by atoms with van der Waals surface area (Å²) in [6.07, 6.45) is 3.09. The van der Waals surface area contributed by atoms with E-state index in [1.165, 1.54) is 10.4 Å². The highest BCUT2D eigenvalue weighted by Crippen LogP contribution is 2.35. The van der Waals surface area contributed by atoms with Crippen molar-refractivity contribution in [1.29, 1.82) is 0 Å². The predicted octanol–water partition coefficient (Wildman–Crippen LogP) is 5.11. The molecule has 1 aliphatic carbocycles. The second kappa shape index (κ2) is 10.0. The van der Waals surface area contributed by atoms with Crippen molar-refractivity contribution >= 4 is 23.2 Å². The van der Waals surface area contributed by atoms with Gasteiger partial charge < -0.3 is 14.5 Å². The van der Waals surface area contributed by atoms with Crippen LogP contribution >= 0.6 is 11.3 Å². The second-order valence-corrected chi connectivity index (χ2v) is 10.2. The van der Waals surface area contributed by atoms with E-state index in [2.05, 4.69) is 11.4 Å². The second-order valence-electron chi connectivity index (χ2n) is 9.22. The van der Waals surface area contributed by atoms with Crippen molar-refractivity contribution in [3.63, 3.8) is 0 Å². The van der Waals surface area contributed by atoms with Gasteiger partial charge >= 0.3 is 0 Å². The summed E-state index contributed by atoms with van der Waals surface area (Å²) >= 11 is 1.74. The smallest absolute Gasteiger partial charge is 0.254 e. The van der Waals surface area contributed by atoms with Gasteiger partial charge in [0.25, 0.3) is 5.91 Å². The van der Waals surface area contributed by atoms with Crippen LogP contribution in [-0.4, -0.2) is 47.9 Å². The maximum Gasteiger partial charge on any atom is 0.254 e. The van der Waals surface area contributed by atoms with Crippen LogP contribution in [0.2, 0.25) is 0 Å². The van der Waals surface area contributed by atoms with Crippen LogP contribution in [0.3, 0.4) is 0 Å². The lowest BCUT2D eigenvalue weighted by atomic mass is 10.00. The molecular weight excluding hydrogens is 444 g/mol. The molecule has 1 unspecified atom stereocenters. The molecule has 0 saturated heterocycles. The summed E-state index contributed by atoms with van der Waals surface area (Å²) in [7, 11) is 0. The number of rotatable bonds is 8. The molecule has 3 aromatic rings. The fraction of sp³-hybridized carbons (Fsp3) is 0.357. The summed E-state index contributed by atoms with van der Waals surface area (Å²) in [5.74, 6) is 1.23. The van der Waals surface area contributed by atoms with E-state index in [0.717, 1.165) is 30.6 Å². The zero-order valence-electron chi connectivity index (χ0n) is 19.5. The Morgan fingerprint density at radius 3 is 2.59 bits per heavy atom. The van der Waals surface area contributed by atoms with Gasteiger partial charge in [0.2, 0.25) is 5.91 Å². The summed E-state index contributed by atoms with van der Waals surface area (Å²) in [5, 5.41) is 2.09. The molecule has 0 radical (unpaired) electrons. The molecule has 1 atom stereocenters. The highest BCUT2D eigenvalue weighted by Gasteiger charge is 2.35. The first-order valence-electron chi connectivity index (χ1n) is 12.0. The summed E-state index contributed by atoms with van der Waals surface area (Å²) < 4.78 is 6.09. The molecular formula is C28H30N2O3S. The van der Waals surface area contributed by atoms with Crippen LogP contribution in [0.25, 0.3) is 0 Å². The summed E-state index contributed by atoms with van der Waals surface area (Å²) in [5.41, 5.74) is 2.79. The molecule has 1 fully saturated rings. The van der Waals surface area contributed by atoms with Crippen molar-refractivity contribution in [1.82, 2.24) is 9.80 Å². The molecule has 2 aliphatic rings. The topological polar surface area (TPSA) is 49.9 Å². The Hall–Kier alpha value is -3.12. The van der Waals surface area contributed by atoms with Crippen molar-refractivity contribution < 1.29 is 14.3 Å². The number of fused-ring (bicyclic) bond motifs is 1. The minimum absolute atomic E-state index is 0.0129. The first-order chi connectivity index (χ1) is 16.6. The number of carbonyl (C=O) groups is 2. The number of hydrogen-bond acceptors (Lipinski definition) is 4. The van der Waals surface area contributed by atoms with Crippen molar-refractivity contribution in [3.8, 4) is 5.75 Å². The third-order valence-corrected chi connectivity index (χ3v) is 7.73. The van der Waals surface area contributed by atoms with Crippen LogP contribution in [0, 0.1) is 12.8 Å². The molecule has 6 heteroatoms. The fourth-order valence-electron chi connectivity index (χ4n) is 4.64. The quantitative estimate of drug-likeness (QED) is 0.456. The van der Waals surface area contributed by atoms with Gasteiger partial charge in [-0.05, 0) is 72.9 Å². The number of ether oxygens (including phenoxy) is 1. The van der Waals surface area contributed by atoms with Crippen molar-refractivity contribution in [2.75, 3.05) is 26.2 Å². The number of carbonyl (C=O) groups excluding carboxylic acids is 2. The standard InChI is InChI=1S/C28H30N2O3S/c1-20-7-5-6-10-23(20)28(32)29(17-21-11-12-21)18-27(31)30-15-13-26-24(14-16-34-26)25(30)19-33-22-8-3-2-4-9-22/h2-10,14,16,21,25H,11-13,15,17-19H2,1H3. The van der Waals surface area contributed by atoms with Gasteiger partial charge in [-0.15, -0.1) is 11.3 Å². The molecule has 2 amide bonds. The highest BCUT2D eigenvalue weighted by molar-refractivity contribution is 7.10. The zero-order chi connectivity index (χ0) is 23.5. The van der Waals surface area contributed by atoms with Gasteiger partial charge in [-0.25, -0.2) is 0 Å². The lowest BCUT2D eigenvalue weighted by molar-refractivity contribution is -0.135. The van der Waals surface area contributed by atoms with Crippen LogP contribution in [-0.2, 0) is 11.2 Å². The molecule has 1 saturated carbocycles. The number of hydrogen-bond donors (Lipinski definition) is 0. The van der Waals surface area contributed by atoms with Gasteiger partial charge in [0.15, 0.2) is 0 Å². The minimum Gasteiger partial charge on any atom is -0.491 e. The van der Waals surface area contributed by atoms with Gasteiger partial charge in [0, 0.05) is 23.5 Å². The van der Waals surface area contributed by atoms with Gasteiger partial charge in [-0.2, -0.15) is 0 Å². The van der Waals surface area contributed by atoms with Crippen LogP contribution < -0.4 is 4.74 Å². The monoisotopic (exact) mass is 474 g/mol. The SMILES string of the molecule is Cc1ccccc1C(=O)N(CC(=O)N1CCc2sccc2C1COc1ccccc1)CC1CC1. The van der Waals surface area contributed by atoms with Crippen LogP contribution in [0.4, 0.5) is 0 Å². The maximum absolute atomic E-state index is 13.7. The highest BCUT2D eigenvalue weighted by atomic mass is 32.1. The number of thiophene rings is 1. The summed E-state index contributed by atoms with van der Waals surface area (Å²) in [4.78, 5) is 32.1. The number of aryl methyl sites for hydroxylation is 1. The molecule has 5 nitrogen and oxygen atoms in total. The van der Waals surface area contributed by atoms with Gasteiger partial charge in [-0.3, -0.25) is 9.59 Å². The molecule has 0 spiro atoms. The van der Waals surface area contributed by atoms with E-state index in [4.69, 9.17) is 4.74 Å². The van der Waals surface area contributed by atoms with Crippen LogP contribution in [0.5, 0.6) is 5.75 Å². The number of nitrogens with zero attached hydrogens (tertiary/aromatic N) is 2. The van der Waals surface area contributed by atoms with Gasteiger partial charge in [0.1, 0.15) is 18.9 Å². The average molecular weight is 475 g/mol. The number of benzene rings is 2. The molecule has 1 aliphatic heterocycles. The Morgan fingerprint density at radius 2 is 1.82 bits per heavy atom. The molecule has 2 aromatic carbocycles. The normalized spacial score (nSPS) is 17.2. The Bertz CT molecular complexity index is 1160. The lowest BCUT2D eigenvalue weighted by Gasteiger charge is -2.37. The van der Waals surface area contributed by atoms with E-state index in [9.17, 15) is 9.59 Å². The predicted molar refractivity (Wildman–Crippen MR) is 134 cm³/mol. The van der Waals surface area contributed by atoms with E-state index >= 15 is 0 Å². The minimum atomic E-state index is -0.154. The van der Waals surface area contributed by atoms with Crippen molar-refractivity contribution in [3.05, 3.63) is 87.6 Å². The zero-order valence-corrected chi connectivity index (χ0v) is 20.3. The molecule has 2 heterocycles. The Balaban J connectivity index is 1.35. The van der Waals surface area contributed by atoms with E-state index in [1.54, 1.807) is 16.2 Å².